The van der Waals surface area contributed by atoms with Gasteiger partial charge in [-0.3, -0.25) is 24.8 Å². The summed E-state index contributed by atoms with van der Waals surface area (Å²) in [5.41, 5.74) is 3.92. The van der Waals surface area contributed by atoms with E-state index in [9.17, 15) is 19.7 Å². The highest BCUT2D eigenvalue weighted by Gasteiger charge is 2.19. The topological polar surface area (TPSA) is 122 Å². The van der Waals surface area contributed by atoms with Gasteiger partial charge in [-0.25, -0.2) is 10.1 Å². The Morgan fingerprint density at radius 3 is 2.57 bits per heavy atom. The van der Waals surface area contributed by atoms with Crippen molar-refractivity contribution < 1.29 is 9.72 Å². The molecule has 0 radical (unpaired) electrons. The van der Waals surface area contributed by atoms with Gasteiger partial charge in [-0.1, -0.05) is 30.3 Å². The van der Waals surface area contributed by atoms with Gasteiger partial charge in [0.25, 0.3) is 17.2 Å². The van der Waals surface area contributed by atoms with Crippen LogP contribution in [0.2, 0.25) is 0 Å². The van der Waals surface area contributed by atoms with E-state index in [0.29, 0.717) is 11.4 Å². The van der Waals surface area contributed by atoms with E-state index < -0.39 is 10.8 Å². The van der Waals surface area contributed by atoms with Crippen molar-refractivity contribution in [3.8, 4) is 5.69 Å². The SMILES string of the molecule is Cc1ccccc1-n1[nH]c(C)c(C=NNC(=O)c2ccccc2[N+](=O)[O-])c1=O. The summed E-state index contributed by atoms with van der Waals surface area (Å²) in [6, 6.07) is 12.9. The van der Waals surface area contributed by atoms with Crippen molar-refractivity contribution in [1.29, 1.82) is 0 Å². The summed E-state index contributed by atoms with van der Waals surface area (Å²) in [6.07, 6.45) is 1.22. The van der Waals surface area contributed by atoms with Crippen LogP contribution < -0.4 is 11.0 Å². The van der Waals surface area contributed by atoms with Gasteiger partial charge in [-0.15, -0.1) is 0 Å². The summed E-state index contributed by atoms with van der Waals surface area (Å²) >= 11 is 0. The van der Waals surface area contributed by atoms with Crippen LogP contribution in [0.15, 0.2) is 58.4 Å². The number of nitro groups is 1. The molecule has 0 spiro atoms. The van der Waals surface area contributed by atoms with Crippen LogP contribution in [0.25, 0.3) is 5.69 Å². The lowest BCUT2D eigenvalue weighted by atomic mass is 10.2. The van der Waals surface area contributed by atoms with Gasteiger partial charge in [0.15, 0.2) is 0 Å². The number of amides is 1. The summed E-state index contributed by atoms with van der Waals surface area (Å²) < 4.78 is 1.40. The van der Waals surface area contributed by atoms with Crippen LogP contribution in [-0.2, 0) is 0 Å². The molecule has 1 aromatic heterocycles. The van der Waals surface area contributed by atoms with E-state index in [1.165, 1.54) is 35.2 Å². The Labute approximate surface area is 159 Å². The van der Waals surface area contributed by atoms with Crippen molar-refractivity contribution in [2.24, 2.45) is 5.10 Å². The molecule has 0 aliphatic rings. The van der Waals surface area contributed by atoms with Gasteiger partial charge in [0, 0.05) is 11.8 Å². The Balaban J connectivity index is 1.85. The summed E-state index contributed by atoms with van der Waals surface area (Å²) in [6.45, 7) is 3.60. The van der Waals surface area contributed by atoms with Crippen LogP contribution in [0.3, 0.4) is 0 Å². The number of benzene rings is 2. The smallest absolute Gasteiger partial charge is 0.282 e. The molecule has 142 valence electrons. The van der Waals surface area contributed by atoms with E-state index in [4.69, 9.17) is 0 Å². The third-order valence-electron chi connectivity index (χ3n) is 4.18. The van der Waals surface area contributed by atoms with Crippen LogP contribution in [-0.4, -0.2) is 26.8 Å². The number of nitrogens with zero attached hydrogens (tertiary/aromatic N) is 3. The third kappa shape index (κ3) is 3.58. The van der Waals surface area contributed by atoms with E-state index in [0.717, 1.165) is 5.56 Å². The second kappa shape index (κ2) is 7.70. The molecule has 3 rings (SSSR count). The second-order valence-corrected chi connectivity index (χ2v) is 6.05. The highest BCUT2D eigenvalue weighted by Crippen LogP contribution is 2.17. The maximum atomic E-state index is 12.7. The van der Waals surface area contributed by atoms with Gasteiger partial charge in [-0.05, 0) is 31.5 Å². The molecule has 0 unspecified atom stereocenters. The van der Waals surface area contributed by atoms with Gasteiger partial charge >= 0.3 is 0 Å². The molecule has 2 N–H and O–H groups in total. The zero-order chi connectivity index (χ0) is 20.3. The Morgan fingerprint density at radius 1 is 1.18 bits per heavy atom. The average molecular weight is 379 g/mol. The highest BCUT2D eigenvalue weighted by molar-refractivity contribution is 5.98. The fourth-order valence-electron chi connectivity index (χ4n) is 2.74. The Morgan fingerprint density at radius 2 is 1.86 bits per heavy atom. The van der Waals surface area contributed by atoms with Crippen molar-refractivity contribution in [1.82, 2.24) is 15.2 Å². The Bertz CT molecular complexity index is 1140. The van der Waals surface area contributed by atoms with Crippen molar-refractivity contribution in [3.63, 3.8) is 0 Å². The summed E-state index contributed by atoms with van der Waals surface area (Å²) in [5, 5.41) is 17.8. The van der Waals surface area contributed by atoms with Crippen LogP contribution >= 0.6 is 0 Å². The number of hydrogen-bond acceptors (Lipinski definition) is 5. The number of aromatic amines is 1. The van der Waals surface area contributed by atoms with Gasteiger partial charge in [0.2, 0.25) is 0 Å². The number of rotatable bonds is 5. The largest absolute Gasteiger partial charge is 0.295 e. The number of hydrazone groups is 1. The molecule has 2 aromatic carbocycles. The van der Waals surface area contributed by atoms with E-state index in [1.54, 1.807) is 6.92 Å². The summed E-state index contributed by atoms with van der Waals surface area (Å²) in [7, 11) is 0. The normalized spacial score (nSPS) is 10.9. The van der Waals surface area contributed by atoms with Gasteiger partial charge in [0.1, 0.15) is 5.56 Å². The number of para-hydroxylation sites is 2. The van der Waals surface area contributed by atoms with Crippen LogP contribution in [0.4, 0.5) is 5.69 Å². The number of nitro benzene ring substituents is 1. The number of carbonyl (C=O) groups is 1. The lowest BCUT2D eigenvalue weighted by Gasteiger charge is -2.04. The van der Waals surface area contributed by atoms with E-state index in [1.807, 2.05) is 31.2 Å². The molecular weight excluding hydrogens is 362 g/mol. The predicted octanol–water partition coefficient (Wildman–Crippen LogP) is 2.45. The van der Waals surface area contributed by atoms with Gasteiger partial charge < -0.3 is 0 Å². The quantitative estimate of drug-likeness (QED) is 0.401. The van der Waals surface area contributed by atoms with Crippen LogP contribution in [0.5, 0.6) is 0 Å². The van der Waals surface area contributed by atoms with Gasteiger partial charge in [0.05, 0.1) is 22.4 Å². The summed E-state index contributed by atoms with van der Waals surface area (Å²) in [4.78, 5) is 35.2. The van der Waals surface area contributed by atoms with Crippen LogP contribution in [0, 0.1) is 24.0 Å². The first-order chi connectivity index (χ1) is 13.4. The molecular formula is C19H17N5O4. The zero-order valence-corrected chi connectivity index (χ0v) is 15.2. The van der Waals surface area contributed by atoms with Gasteiger partial charge in [-0.2, -0.15) is 5.10 Å². The molecule has 0 saturated carbocycles. The molecule has 0 atom stereocenters. The van der Waals surface area contributed by atoms with E-state index in [2.05, 4.69) is 15.6 Å². The van der Waals surface area contributed by atoms with Crippen molar-refractivity contribution in [2.45, 2.75) is 13.8 Å². The zero-order valence-electron chi connectivity index (χ0n) is 15.2. The van der Waals surface area contributed by atoms with Crippen molar-refractivity contribution >= 4 is 17.8 Å². The standard InChI is InChI=1S/C19H17N5O4/c1-12-7-3-5-9-16(12)23-19(26)15(13(2)22-23)11-20-21-18(25)14-8-4-6-10-17(14)24(27)28/h3-11,22H,1-2H3,(H,21,25). The molecule has 9 nitrogen and oxygen atoms in total. The fourth-order valence-corrected chi connectivity index (χ4v) is 2.74. The molecule has 0 aliphatic heterocycles. The number of hydrogen-bond donors (Lipinski definition) is 2. The molecule has 0 fully saturated rings. The monoisotopic (exact) mass is 379 g/mol. The Hall–Kier alpha value is -4.01. The van der Waals surface area contributed by atoms with E-state index >= 15 is 0 Å². The molecule has 28 heavy (non-hydrogen) atoms. The number of nitrogens with one attached hydrogen (secondary N) is 2. The average Bonchev–Trinajstić information content (AvgIpc) is 2.96. The Kier molecular flexibility index (Phi) is 5.16. The lowest BCUT2D eigenvalue weighted by Crippen LogP contribution is -2.21. The maximum absolute atomic E-state index is 12.7. The van der Waals surface area contributed by atoms with Crippen molar-refractivity contribution in [2.75, 3.05) is 0 Å². The minimum atomic E-state index is -0.740. The number of aryl methyl sites for hydroxylation is 2. The first-order valence-electron chi connectivity index (χ1n) is 8.34. The first kappa shape index (κ1) is 18.8. The fraction of sp³-hybridized carbons (Fsp3) is 0.105. The summed E-state index contributed by atoms with van der Waals surface area (Å²) in [5.74, 6) is -0.740. The molecule has 1 amide bonds. The number of H-pyrrole nitrogens is 1. The molecule has 9 heteroatoms. The third-order valence-corrected chi connectivity index (χ3v) is 4.18. The highest BCUT2D eigenvalue weighted by atomic mass is 16.6. The van der Waals surface area contributed by atoms with E-state index in [-0.39, 0.29) is 22.4 Å². The lowest BCUT2D eigenvalue weighted by molar-refractivity contribution is -0.385. The molecule has 3 aromatic rings. The molecule has 0 aliphatic carbocycles. The predicted molar refractivity (Wildman–Crippen MR) is 104 cm³/mol. The van der Waals surface area contributed by atoms with Crippen LogP contribution in [0.1, 0.15) is 27.2 Å². The molecule has 0 bridgehead atoms. The second-order valence-electron chi connectivity index (χ2n) is 6.05. The minimum Gasteiger partial charge on any atom is -0.295 e. The number of carbonyl (C=O) groups excluding carboxylic acids is 1. The minimum absolute atomic E-state index is 0.118. The van der Waals surface area contributed by atoms with Crippen molar-refractivity contribution in [3.05, 3.63) is 91.4 Å². The molecule has 1 heterocycles. The maximum Gasteiger partial charge on any atom is 0.282 e. The number of aromatic nitrogens is 2. The molecule has 0 saturated heterocycles. The first-order valence-corrected chi connectivity index (χ1v) is 8.34.